The van der Waals surface area contributed by atoms with E-state index in [0.717, 1.165) is 0 Å². The minimum absolute atomic E-state index is 0.0388. The van der Waals surface area contributed by atoms with Gasteiger partial charge in [0.2, 0.25) is 23.6 Å². The number of primary amides is 1. The molecule has 1 saturated heterocycles. The molecule has 1 heterocycles. The maximum Gasteiger partial charge on any atom is 0.326 e. The highest BCUT2D eigenvalue weighted by atomic mass is 32.1. The lowest BCUT2D eigenvalue weighted by molar-refractivity contribution is -0.145. The number of nitrogens with one attached hydrogen (secondary N) is 2. The van der Waals surface area contributed by atoms with Crippen LogP contribution in [0.15, 0.2) is 4.99 Å². The van der Waals surface area contributed by atoms with E-state index in [1.807, 2.05) is 0 Å². The number of aliphatic carboxylic acids is 1. The van der Waals surface area contributed by atoms with Crippen molar-refractivity contribution in [3.05, 3.63) is 0 Å². The Kier molecular flexibility index (Phi) is 12.1. The smallest absolute Gasteiger partial charge is 0.326 e. The fourth-order valence-electron chi connectivity index (χ4n) is 3.44. The van der Waals surface area contributed by atoms with E-state index in [-0.39, 0.29) is 44.1 Å². The predicted molar refractivity (Wildman–Crippen MR) is 126 cm³/mol. The van der Waals surface area contributed by atoms with E-state index in [1.54, 1.807) is 0 Å². The molecule has 0 spiro atoms. The van der Waals surface area contributed by atoms with Crippen molar-refractivity contribution in [3.63, 3.8) is 0 Å². The summed E-state index contributed by atoms with van der Waals surface area (Å²) >= 11 is 3.96. The van der Waals surface area contributed by atoms with Crippen molar-refractivity contribution in [2.75, 3.05) is 18.8 Å². The first kappa shape index (κ1) is 29.0. The molecule has 0 aliphatic carbocycles. The maximum absolute atomic E-state index is 13.2. The second-order valence-corrected chi connectivity index (χ2v) is 8.26. The third-order valence-corrected chi connectivity index (χ3v) is 5.62. The van der Waals surface area contributed by atoms with Gasteiger partial charge in [-0.1, -0.05) is 0 Å². The number of guanidine groups is 1. The summed E-state index contributed by atoms with van der Waals surface area (Å²) < 4.78 is 0. The summed E-state index contributed by atoms with van der Waals surface area (Å²) in [4.78, 5) is 66.1. The second kappa shape index (κ2) is 14.2. The first-order chi connectivity index (χ1) is 16.0. The quantitative estimate of drug-likeness (QED) is 0.0509. The van der Waals surface area contributed by atoms with Crippen LogP contribution in [0.1, 0.15) is 38.5 Å². The number of aliphatic imine (C=N–C) groups is 1. The molecule has 4 unspecified atom stereocenters. The Balaban J connectivity index is 2.90. The molecule has 0 aromatic carbocycles. The molecule has 0 aromatic heterocycles. The zero-order chi connectivity index (χ0) is 25.8. The van der Waals surface area contributed by atoms with E-state index in [2.05, 4.69) is 28.3 Å². The minimum atomic E-state index is -1.23. The molecule has 1 aliphatic rings. The fraction of sp³-hybridized carbons (Fsp3) is 0.684. The molecule has 0 radical (unpaired) electrons. The molecule has 4 atom stereocenters. The number of thiol groups is 1. The molecule has 4 amide bonds. The number of carboxylic acids is 1. The Bertz CT molecular complexity index is 791. The molecule has 14 nitrogen and oxygen atoms in total. The van der Waals surface area contributed by atoms with Crippen LogP contribution in [0.5, 0.6) is 0 Å². The normalized spacial score (nSPS) is 17.8. The Morgan fingerprint density at radius 2 is 1.76 bits per heavy atom. The fourth-order valence-corrected chi connectivity index (χ4v) is 3.60. The third-order valence-electron chi connectivity index (χ3n) is 5.23. The van der Waals surface area contributed by atoms with E-state index >= 15 is 0 Å². The van der Waals surface area contributed by atoms with Gasteiger partial charge in [-0.3, -0.25) is 24.2 Å². The molecule has 0 saturated carbocycles. The van der Waals surface area contributed by atoms with Crippen LogP contribution < -0.4 is 33.6 Å². The highest BCUT2D eigenvalue weighted by molar-refractivity contribution is 7.80. The van der Waals surface area contributed by atoms with Gasteiger partial charge in [0.15, 0.2) is 5.96 Å². The van der Waals surface area contributed by atoms with Gasteiger partial charge in [0.25, 0.3) is 0 Å². The molecule has 0 aromatic rings. The van der Waals surface area contributed by atoms with E-state index in [1.165, 1.54) is 4.90 Å². The summed E-state index contributed by atoms with van der Waals surface area (Å²) in [7, 11) is 0. The van der Waals surface area contributed by atoms with Crippen LogP contribution in [-0.4, -0.2) is 88.6 Å². The van der Waals surface area contributed by atoms with E-state index in [4.69, 9.17) is 22.9 Å². The van der Waals surface area contributed by atoms with Crippen LogP contribution in [-0.2, 0) is 24.0 Å². The number of nitrogens with two attached hydrogens (primary N) is 4. The Hall–Kier alpha value is -3.07. The van der Waals surface area contributed by atoms with Crippen LogP contribution in [0, 0.1) is 0 Å². The number of hydrogen-bond acceptors (Lipinski definition) is 8. The van der Waals surface area contributed by atoms with Crippen LogP contribution >= 0.6 is 12.6 Å². The maximum atomic E-state index is 13.2. The number of nitrogens with zero attached hydrogens (tertiary/aromatic N) is 2. The van der Waals surface area contributed by atoms with Gasteiger partial charge in [0.1, 0.15) is 18.1 Å². The molecule has 1 aliphatic heterocycles. The second-order valence-electron chi connectivity index (χ2n) is 7.89. The van der Waals surface area contributed by atoms with Crippen molar-refractivity contribution in [1.29, 1.82) is 0 Å². The van der Waals surface area contributed by atoms with Gasteiger partial charge in [-0.25, -0.2) is 4.79 Å². The SMILES string of the molecule is NC(=O)CCC(NC(=O)C(N)CS)C(=O)N1CCCC1C(=O)NC(CCCN=C(N)N)C(=O)O. The lowest BCUT2D eigenvalue weighted by Crippen LogP contribution is -2.57. The summed E-state index contributed by atoms with van der Waals surface area (Å²) in [6.45, 7) is 0.423. The number of likely N-dealkylation sites (tertiary alicyclic amines) is 1. The minimum Gasteiger partial charge on any atom is -0.480 e. The molecule has 192 valence electrons. The van der Waals surface area contributed by atoms with Gasteiger partial charge < -0.3 is 43.6 Å². The van der Waals surface area contributed by atoms with Crippen LogP contribution in [0.25, 0.3) is 0 Å². The van der Waals surface area contributed by atoms with Gasteiger partial charge in [-0.15, -0.1) is 0 Å². The first-order valence-corrected chi connectivity index (χ1v) is 11.4. The van der Waals surface area contributed by atoms with Crippen LogP contribution in [0.3, 0.4) is 0 Å². The van der Waals surface area contributed by atoms with Gasteiger partial charge in [-0.05, 0) is 32.1 Å². The summed E-state index contributed by atoms with van der Waals surface area (Å²) in [5, 5.41) is 14.4. The van der Waals surface area contributed by atoms with E-state index < -0.39 is 53.8 Å². The van der Waals surface area contributed by atoms with Gasteiger partial charge in [0.05, 0.1) is 6.04 Å². The lowest BCUT2D eigenvalue weighted by Gasteiger charge is -2.29. The predicted octanol–water partition coefficient (Wildman–Crippen LogP) is -3.39. The summed E-state index contributed by atoms with van der Waals surface area (Å²) in [5.74, 6) is -3.83. The van der Waals surface area contributed by atoms with Crippen LogP contribution in [0.4, 0.5) is 0 Å². The molecule has 0 bridgehead atoms. The average Bonchev–Trinajstić information content (AvgIpc) is 3.26. The summed E-state index contributed by atoms with van der Waals surface area (Å²) in [5.41, 5.74) is 21.3. The molecule has 1 fully saturated rings. The third kappa shape index (κ3) is 9.43. The van der Waals surface area contributed by atoms with Gasteiger partial charge in [0, 0.05) is 25.3 Å². The largest absolute Gasteiger partial charge is 0.480 e. The number of carboxylic acid groups (broad SMARTS) is 1. The molecular formula is C19H34N8O6S. The number of carbonyl (C=O) groups excluding carboxylic acids is 4. The topological polar surface area (TPSA) is 249 Å². The highest BCUT2D eigenvalue weighted by Crippen LogP contribution is 2.20. The number of hydrogen-bond donors (Lipinski definition) is 8. The van der Waals surface area contributed by atoms with Crippen molar-refractivity contribution in [3.8, 4) is 0 Å². The Labute approximate surface area is 202 Å². The number of amides is 4. The molecule has 15 heteroatoms. The van der Waals surface area contributed by atoms with Gasteiger partial charge >= 0.3 is 5.97 Å². The Morgan fingerprint density at radius 1 is 1.09 bits per heavy atom. The monoisotopic (exact) mass is 502 g/mol. The Morgan fingerprint density at radius 3 is 2.32 bits per heavy atom. The summed E-state index contributed by atoms with van der Waals surface area (Å²) in [6, 6.07) is -4.23. The average molecular weight is 503 g/mol. The number of rotatable bonds is 14. The lowest BCUT2D eigenvalue weighted by atomic mass is 10.1. The molecule has 34 heavy (non-hydrogen) atoms. The zero-order valence-corrected chi connectivity index (χ0v) is 19.7. The molecular weight excluding hydrogens is 468 g/mol. The highest BCUT2D eigenvalue weighted by Gasteiger charge is 2.39. The first-order valence-electron chi connectivity index (χ1n) is 10.8. The van der Waals surface area contributed by atoms with Crippen molar-refractivity contribution < 1.29 is 29.1 Å². The van der Waals surface area contributed by atoms with Crippen molar-refractivity contribution in [1.82, 2.24) is 15.5 Å². The van der Waals surface area contributed by atoms with Crippen molar-refractivity contribution in [2.24, 2.45) is 27.9 Å². The van der Waals surface area contributed by atoms with Gasteiger partial charge in [-0.2, -0.15) is 12.6 Å². The summed E-state index contributed by atoms with van der Waals surface area (Å²) in [6.07, 6.45) is 0.955. The standard InChI is InChI=1S/C19H34N8O6S/c20-10(9-34)15(29)25-11(5-6-14(21)28)17(31)27-8-2-4-13(27)16(30)26-12(18(32)33)3-1-7-24-19(22)23/h10-13,34H,1-9,20H2,(H2,21,28)(H,25,29)(H,26,30)(H,32,33)(H4,22,23,24). The van der Waals surface area contributed by atoms with Crippen molar-refractivity contribution >= 4 is 48.2 Å². The molecule has 1 rings (SSSR count). The molecule has 11 N–H and O–H groups in total. The van der Waals surface area contributed by atoms with Crippen LogP contribution in [0.2, 0.25) is 0 Å². The van der Waals surface area contributed by atoms with Crippen molar-refractivity contribution in [2.45, 2.75) is 62.7 Å². The zero-order valence-electron chi connectivity index (χ0n) is 18.8. The van der Waals surface area contributed by atoms with E-state index in [0.29, 0.717) is 19.3 Å². The van der Waals surface area contributed by atoms with E-state index in [9.17, 15) is 29.1 Å². The number of carbonyl (C=O) groups is 5.